The van der Waals surface area contributed by atoms with E-state index in [1.54, 1.807) is 30.3 Å². The number of rotatable bonds is 4. The number of benzene rings is 1. The fourth-order valence-electron chi connectivity index (χ4n) is 2.72. The Morgan fingerprint density at radius 3 is 2.52 bits per heavy atom. The van der Waals surface area contributed by atoms with Crippen molar-refractivity contribution in [1.82, 2.24) is 9.88 Å². The average Bonchev–Trinajstić information content (AvgIpc) is 2.60. The summed E-state index contributed by atoms with van der Waals surface area (Å²) in [4.78, 5) is 5.09. The van der Waals surface area contributed by atoms with Crippen molar-refractivity contribution in [3.63, 3.8) is 0 Å². The van der Waals surface area contributed by atoms with E-state index >= 15 is 0 Å². The first-order valence-electron chi connectivity index (χ1n) is 7.50. The molecule has 0 spiro atoms. The molecule has 25 heavy (non-hydrogen) atoms. The van der Waals surface area contributed by atoms with Gasteiger partial charge in [0.2, 0.25) is 0 Å². The molecule has 0 fully saturated rings. The predicted molar refractivity (Wildman–Crippen MR) is 93.5 cm³/mol. The van der Waals surface area contributed by atoms with Crippen LogP contribution in [0, 0.1) is 0 Å². The van der Waals surface area contributed by atoms with Crippen LogP contribution in [0.5, 0.6) is 0 Å². The van der Waals surface area contributed by atoms with E-state index in [9.17, 15) is 13.2 Å². The van der Waals surface area contributed by atoms with Crippen molar-refractivity contribution in [2.75, 3.05) is 6.54 Å². The minimum Gasteiger partial charge on any atom is -0.333 e. The number of pyridine rings is 1. The lowest BCUT2D eigenvalue weighted by Gasteiger charge is -2.33. The third-order valence-corrected chi connectivity index (χ3v) is 4.13. The van der Waals surface area contributed by atoms with E-state index in [2.05, 4.69) is 11.6 Å². The number of alkyl halides is 2. The molecule has 6 heteroatoms. The molecule has 0 N–H and O–H groups in total. The molecule has 0 atom stereocenters. The Kier molecular flexibility index (Phi) is 4.95. The first-order chi connectivity index (χ1) is 12.0. The molecule has 0 bridgehead atoms. The summed E-state index contributed by atoms with van der Waals surface area (Å²) >= 11 is 6.24. The number of nitrogens with zero attached hydrogens (tertiary/aromatic N) is 2. The van der Waals surface area contributed by atoms with Gasteiger partial charge in [-0.25, -0.2) is 13.2 Å². The van der Waals surface area contributed by atoms with Crippen molar-refractivity contribution in [3.05, 3.63) is 89.1 Å². The van der Waals surface area contributed by atoms with Gasteiger partial charge in [0.15, 0.2) is 0 Å². The number of aromatic nitrogens is 1. The summed E-state index contributed by atoms with van der Waals surface area (Å²) < 4.78 is 40.7. The summed E-state index contributed by atoms with van der Waals surface area (Å²) in [7, 11) is 0. The highest BCUT2D eigenvalue weighted by atomic mass is 35.5. The van der Waals surface area contributed by atoms with Crippen LogP contribution in [-0.4, -0.2) is 22.9 Å². The summed E-state index contributed by atoms with van der Waals surface area (Å²) in [6, 6.07) is 10.6. The Morgan fingerprint density at radius 2 is 1.88 bits per heavy atom. The molecule has 0 amide bonds. The standard InChI is InChI=1S/C19H14ClF3N2/c1-12-17(21)9-15(13-5-3-2-4-6-13)19(25(12)11-18(22)23)14-7-8-24-10-16(14)20/h2-10,18H,1,11H2. The molecule has 0 aliphatic carbocycles. The monoisotopic (exact) mass is 362 g/mol. The SMILES string of the molecule is C=C1C(F)=CC(c2ccccc2)=C(c2ccncc2Cl)N1CC(F)F. The van der Waals surface area contributed by atoms with Gasteiger partial charge in [-0.3, -0.25) is 4.98 Å². The maximum Gasteiger partial charge on any atom is 0.256 e. The molecule has 1 aliphatic rings. The quantitative estimate of drug-likeness (QED) is 0.708. The van der Waals surface area contributed by atoms with Crippen LogP contribution in [0.25, 0.3) is 11.3 Å². The third kappa shape index (κ3) is 3.46. The fraction of sp³-hybridized carbons (Fsp3) is 0.105. The Balaban J connectivity index is 2.30. The number of allylic oxidation sites excluding steroid dienone is 3. The minimum absolute atomic E-state index is 0.122. The predicted octanol–water partition coefficient (Wildman–Crippen LogP) is 5.55. The summed E-state index contributed by atoms with van der Waals surface area (Å²) in [6.07, 6.45) is 1.56. The average molecular weight is 363 g/mol. The lowest BCUT2D eigenvalue weighted by Crippen LogP contribution is -2.30. The largest absolute Gasteiger partial charge is 0.333 e. The Labute approximate surface area is 148 Å². The van der Waals surface area contributed by atoms with Gasteiger partial charge in [0, 0.05) is 23.5 Å². The van der Waals surface area contributed by atoms with Gasteiger partial charge in [0.05, 0.1) is 23.0 Å². The van der Waals surface area contributed by atoms with Crippen LogP contribution in [0.1, 0.15) is 11.1 Å². The smallest absolute Gasteiger partial charge is 0.256 e. The Bertz CT molecular complexity index is 860. The molecule has 2 heterocycles. The van der Waals surface area contributed by atoms with Crippen molar-refractivity contribution in [3.8, 4) is 0 Å². The van der Waals surface area contributed by atoms with Gasteiger partial charge < -0.3 is 4.90 Å². The molecule has 1 aromatic heterocycles. The molecule has 0 saturated heterocycles. The second kappa shape index (κ2) is 7.15. The molecule has 128 valence electrons. The first kappa shape index (κ1) is 17.3. The maximum absolute atomic E-state index is 14.4. The molecular formula is C19H14ClF3N2. The second-order valence-electron chi connectivity index (χ2n) is 5.42. The van der Waals surface area contributed by atoms with Gasteiger partial charge in [-0.15, -0.1) is 0 Å². The zero-order valence-corrected chi connectivity index (χ0v) is 13.8. The normalized spacial score (nSPS) is 15.0. The van der Waals surface area contributed by atoms with Crippen molar-refractivity contribution < 1.29 is 13.2 Å². The summed E-state index contributed by atoms with van der Waals surface area (Å²) in [5, 5.41) is 0.286. The van der Waals surface area contributed by atoms with Crippen LogP contribution in [0.3, 0.4) is 0 Å². The molecule has 2 nitrogen and oxygen atoms in total. The zero-order chi connectivity index (χ0) is 18.0. The van der Waals surface area contributed by atoms with Gasteiger partial charge >= 0.3 is 0 Å². The van der Waals surface area contributed by atoms with Gasteiger partial charge in [-0.2, -0.15) is 0 Å². The van der Waals surface area contributed by atoms with E-state index in [0.29, 0.717) is 22.4 Å². The lowest BCUT2D eigenvalue weighted by atomic mass is 9.95. The molecule has 1 aromatic carbocycles. The number of halogens is 4. The molecule has 0 unspecified atom stereocenters. The maximum atomic E-state index is 14.4. The summed E-state index contributed by atoms with van der Waals surface area (Å²) in [5.41, 5.74) is 1.89. The molecule has 0 saturated carbocycles. The van der Waals surface area contributed by atoms with E-state index in [1.807, 2.05) is 6.07 Å². The number of hydrogen-bond acceptors (Lipinski definition) is 2. The fourth-order valence-corrected chi connectivity index (χ4v) is 2.93. The van der Waals surface area contributed by atoms with Crippen LogP contribution in [0.4, 0.5) is 13.2 Å². The number of hydrogen-bond donors (Lipinski definition) is 0. The van der Waals surface area contributed by atoms with E-state index in [0.717, 1.165) is 0 Å². The molecular weight excluding hydrogens is 349 g/mol. The zero-order valence-electron chi connectivity index (χ0n) is 13.1. The topological polar surface area (TPSA) is 16.1 Å². The van der Waals surface area contributed by atoms with Crippen LogP contribution >= 0.6 is 11.6 Å². The van der Waals surface area contributed by atoms with Gasteiger partial charge in [0.25, 0.3) is 6.43 Å². The van der Waals surface area contributed by atoms with Crippen LogP contribution < -0.4 is 0 Å². The second-order valence-corrected chi connectivity index (χ2v) is 5.83. The van der Waals surface area contributed by atoms with Crippen molar-refractivity contribution in [2.45, 2.75) is 6.43 Å². The Morgan fingerprint density at radius 1 is 1.16 bits per heavy atom. The van der Waals surface area contributed by atoms with Gasteiger partial charge in [-0.1, -0.05) is 48.5 Å². The summed E-state index contributed by atoms with van der Waals surface area (Å²) in [6.45, 7) is 2.93. The molecule has 2 aromatic rings. The third-order valence-electron chi connectivity index (χ3n) is 3.83. The lowest BCUT2D eigenvalue weighted by molar-refractivity contribution is 0.122. The van der Waals surface area contributed by atoms with E-state index < -0.39 is 18.8 Å². The highest BCUT2D eigenvalue weighted by Gasteiger charge is 2.29. The van der Waals surface area contributed by atoms with Crippen LogP contribution in [0.15, 0.2) is 73.0 Å². The van der Waals surface area contributed by atoms with Crippen LogP contribution in [0.2, 0.25) is 5.02 Å². The van der Waals surface area contributed by atoms with Crippen LogP contribution in [-0.2, 0) is 0 Å². The van der Waals surface area contributed by atoms with Gasteiger partial charge in [-0.05, 0) is 17.7 Å². The van der Waals surface area contributed by atoms with E-state index in [1.165, 1.54) is 23.4 Å². The highest BCUT2D eigenvalue weighted by molar-refractivity contribution is 6.32. The Hall–Kier alpha value is -2.53. The van der Waals surface area contributed by atoms with E-state index in [-0.39, 0.29) is 10.7 Å². The van der Waals surface area contributed by atoms with Gasteiger partial charge in [0.1, 0.15) is 5.83 Å². The summed E-state index contributed by atoms with van der Waals surface area (Å²) in [5.74, 6) is -0.659. The van der Waals surface area contributed by atoms with Crippen molar-refractivity contribution in [2.24, 2.45) is 0 Å². The molecule has 0 radical (unpaired) electrons. The molecule has 3 rings (SSSR count). The first-order valence-corrected chi connectivity index (χ1v) is 7.88. The van der Waals surface area contributed by atoms with Crippen molar-refractivity contribution in [1.29, 1.82) is 0 Å². The minimum atomic E-state index is -2.67. The molecule has 1 aliphatic heterocycles. The van der Waals surface area contributed by atoms with Crippen molar-refractivity contribution >= 4 is 22.9 Å². The highest BCUT2D eigenvalue weighted by Crippen LogP contribution is 2.41. The van der Waals surface area contributed by atoms with E-state index in [4.69, 9.17) is 11.6 Å².